The number of nitrogens with zero attached hydrogens (tertiary/aromatic N) is 1. The van der Waals surface area contributed by atoms with Gasteiger partial charge in [0.1, 0.15) is 0 Å². The van der Waals surface area contributed by atoms with E-state index >= 15 is 0 Å². The molecule has 1 aromatic carbocycles. The second-order valence-corrected chi connectivity index (χ2v) is 6.57. The molecule has 3 aromatic rings. The molecule has 3 nitrogen and oxygen atoms in total. The topological polar surface area (TPSA) is 52.0 Å². The highest BCUT2D eigenvalue weighted by molar-refractivity contribution is 9.11. The number of hydrogen-bond donors (Lipinski definition) is 1. The van der Waals surface area contributed by atoms with Crippen molar-refractivity contribution < 1.29 is 4.52 Å². The maximum absolute atomic E-state index is 5.95. The highest BCUT2D eigenvalue weighted by Gasteiger charge is 2.18. The number of anilines is 1. The molecule has 0 spiro atoms. The van der Waals surface area contributed by atoms with Gasteiger partial charge in [-0.05, 0) is 34.5 Å². The first-order valence-electron chi connectivity index (χ1n) is 5.72. The molecule has 2 aromatic heterocycles. The summed E-state index contributed by atoms with van der Waals surface area (Å²) < 4.78 is 6.45. The molecule has 0 unspecified atom stereocenters. The van der Waals surface area contributed by atoms with Gasteiger partial charge in [-0.3, -0.25) is 0 Å². The standard InChI is InChI=1S/C14H11BrN2OS/c1-8-3-2-4-9(5-8)12-13(18-17-14(12)16)10-6-11(15)19-7-10/h2-7H,1H3,(H2,16,17). The molecular weight excluding hydrogens is 324 g/mol. The van der Waals surface area contributed by atoms with Crippen molar-refractivity contribution in [3.05, 3.63) is 45.1 Å². The fourth-order valence-corrected chi connectivity index (χ4v) is 3.14. The van der Waals surface area contributed by atoms with Crippen molar-refractivity contribution in [2.75, 3.05) is 5.73 Å². The van der Waals surface area contributed by atoms with Crippen LogP contribution in [0.2, 0.25) is 0 Å². The van der Waals surface area contributed by atoms with Gasteiger partial charge in [0.2, 0.25) is 0 Å². The number of thiophene rings is 1. The summed E-state index contributed by atoms with van der Waals surface area (Å²) in [6.45, 7) is 2.05. The van der Waals surface area contributed by atoms with E-state index in [1.165, 1.54) is 5.56 Å². The van der Waals surface area contributed by atoms with Gasteiger partial charge in [0, 0.05) is 10.9 Å². The van der Waals surface area contributed by atoms with Crippen LogP contribution in [0.1, 0.15) is 5.56 Å². The lowest BCUT2D eigenvalue weighted by atomic mass is 10.0. The smallest absolute Gasteiger partial charge is 0.177 e. The van der Waals surface area contributed by atoms with E-state index in [0.717, 1.165) is 20.5 Å². The minimum atomic E-state index is 0.419. The molecule has 2 heterocycles. The Bertz CT molecular complexity index is 733. The van der Waals surface area contributed by atoms with E-state index < -0.39 is 0 Å². The second kappa shape index (κ2) is 4.83. The molecule has 0 fully saturated rings. The molecule has 0 aliphatic carbocycles. The maximum Gasteiger partial charge on any atom is 0.177 e. The molecule has 0 saturated heterocycles. The minimum absolute atomic E-state index is 0.419. The third-order valence-corrected chi connectivity index (χ3v) is 4.36. The van der Waals surface area contributed by atoms with Gasteiger partial charge in [-0.1, -0.05) is 35.0 Å². The number of nitrogens with two attached hydrogens (primary N) is 1. The average Bonchev–Trinajstić information content (AvgIpc) is 2.95. The summed E-state index contributed by atoms with van der Waals surface area (Å²) in [4.78, 5) is 0. The summed E-state index contributed by atoms with van der Waals surface area (Å²) in [7, 11) is 0. The van der Waals surface area contributed by atoms with Gasteiger partial charge in [-0.25, -0.2) is 0 Å². The summed E-state index contributed by atoms with van der Waals surface area (Å²) in [5.74, 6) is 1.13. The van der Waals surface area contributed by atoms with Crippen LogP contribution in [-0.4, -0.2) is 5.16 Å². The summed E-state index contributed by atoms with van der Waals surface area (Å²) in [6.07, 6.45) is 0. The van der Waals surface area contributed by atoms with Crippen LogP contribution in [0.25, 0.3) is 22.5 Å². The number of nitrogen functional groups attached to an aromatic ring is 1. The monoisotopic (exact) mass is 334 g/mol. The Morgan fingerprint density at radius 1 is 1.26 bits per heavy atom. The largest absolute Gasteiger partial charge is 0.380 e. The Labute approximate surface area is 123 Å². The summed E-state index contributed by atoms with van der Waals surface area (Å²) in [6, 6.07) is 10.1. The van der Waals surface area contributed by atoms with Crippen LogP contribution in [0.4, 0.5) is 5.82 Å². The minimum Gasteiger partial charge on any atom is -0.380 e. The van der Waals surface area contributed by atoms with E-state index in [2.05, 4.69) is 27.2 Å². The van der Waals surface area contributed by atoms with Crippen LogP contribution in [0.3, 0.4) is 0 Å². The predicted molar refractivity (Wildman–Crippen MR) is 82.1 cm³/mol. The van der Waals surface area contributed by atoms with Gasteiger partial charge in [-0.15, -0.1) is 11.3 Å². The van der Waals surface area contributed by atoms with Crippen LogP contribution < -0.4 is 5.73 Å². The molecule has 0 aliphatic heterocycles. The lowest BCUT2D eigenvalue weighted by molar-refractivity contribution is 0.436. The van der Waals surface area contributed by atoms with Gasteiger partial charge in [0.05, 0.1) is 9.35 Å². The van der Waals surface area contributed by atoms with Crippen LogP contribution in [0.5, 0.6) is 0 Å². The van der Waals surface area contributed by atoms with Gasteiger partial charge >= 0.3 is 0 Å². The van der Waals surface area contributed by atoms with Crippen molar-refractivity contribution in [1.82, 2.24) is 5.16 Å². The lowest BCUT2D eigenvalue weighted by Crippen LogP contribution is -1.88. The molecule has 19 heavy (non-hydrogen) atoms. The molecule has 0 amide bonds. The Kier molecular flexibility index (Phi) is 3.16. The first-order chi connectivity index (χ1) is 9.15. The molecule has 0 atom stereocenters. The average molecular weight is 335 g/mol. The van der Waals surface area contributed by atoms with Crippen LogP contribution >= 0.6 is 27.3 Å². The molecule has 3 rings (SSSR count). The summed E-state index contributed by atoms with van der Waals surface area (Å²) in [5.41, 5.74) is 9.99. The Hall–Kier alpha value is -1.59. The number of aromatic nitrogens is 1. The Balaban J connectivity index is 2.19. The molecule has 5 heteroatoms. The van der Waals surface area contributed by atoms with Crippen LogP contribution in [0, 0.1) is 6.92 Å². The van der Waals surface area contributed by atoms with Crippen molar-refractivity contribution in [2.24, 2.45) is 0 Å². The maximum atomic E-state index is 5.95. The first-order valence-corrected chi connectivity index (χ1v) is 7.39. The van der Waals surface area contributed by atoms with E-state index in [-0.39, 0.29) is 0 Å². The molecule has 0 bridgehead atoms. The molecule has 96 valence electrons. The zero-order valence-corrected chi connectivity index (χ0v) is 12.6. The van der Waals surface area contributed by atoms with Crippen molar-refractivity contribution in [3.8, 4) is 22.5 Å². The fourth-order valence-electron chi connectivity index (χ4n) is 2.01. The van der Waals surface area contributed by atoms with Crippen LogP contribution in [0.15, 0.2) is 44.0 Å². The van der Waals surface area contributed by atoms with Gasteiger partial charge in [0.25, 0.3) is 0 Å². The van der Waals surface area contributed by atoms with Gasteiger partial charge in [-0.2, -0.15) is 0 Å². The van der Waals surface area contributed by atoms with E-state index in [9.17, 15) is 0 Å². The first kappa shape index (κ1) is 12.4. The highest BCUT2D eigenvalue weighted by atomic mass is 79.9. The zero-order valence-electron chi connectivity index (χ0n) is 10.2. The third-order valence-electron chi connectivity index (χ3n) is 2.85. The molecular formula is C14H11BrN2OS. The zero-order chi connectivity index (χ0) is 13.4. The van der Waals surface area contributed by atoms with E-state index in [0.29, 0.717) is 11.6 Å². The molecule has 0 saturated carbocycles. The molecule has 0 radical (unpaired) electrons. The van der Waals surface area contributed by atoms with Crippen molar-refractivity contribution >= 4 is 33.1 Å². The van der Waals surface area contributed by atoms with E-state index in [1.807, 2.05) is 36.6 Å². The summed E-state index contributed by atoms with van der Waals surface area (Å²) >= 11 is 5.06. The number of hydrogen-bond acceptors (Lipinski definition) is 4. The SMILES string of the molecule is Cc1cccc(-c2c(N)noc2-c2csc(Br)c2)c1. The number of benzene rings is 1. The molecule has 2 N–H and O–H groups in total. The Morgan fingerprint density at radius 3 is 2.79 bits per heavy atom. The number of halogens is 1. The van der Waals surface area contributed by atoms with E-state index in [1.54, 1.807) is 11.3 Å². The summed E-state index contributed by atoms with van der Waals surface area (Å²) in [5, 5.41) is 5.92. The fraction of sp³-hybridized carbons (Fsp3) is 0.0714. The quantitative estimate of drug-likeness (QED) is 0.737. The van der Waals surface area contributed by atoms with Crippen LogP contribution in [-0.2, 0) is 0 Å². The molecule has 0 aliphatic rings. The second-order valence-electron chi connectivity index (χ2n) is 4.28. The lowest BCUT2D eigenvalue weighted by Gasteiger charge is -2.02. The number of rotatable bonds is 2. The number of aryl methyl sites for hydroxylation is 1. The third kappa shape index (κ3) is 2.31. The van der Waals surface area contributed by atoms with Crippen molar-refractivity contribution in [2.45, 2.75) is 6.92 Å². The van der Waals surface area contributed by atoms with Gasteiger partial charge < -0.3 is 10.3 Å². The van der Waals surface area contributed by atoms with Crippen molar-refractivity contribution in [3.63, 3.8) is 0 Å². The Morgan fingerprint density at radius 2 is 2.11 bits per heavy atom. The van der Waals surface area contributed by atoms with Gasteiger partial charge in [0.15, 0.2) is 11.6 Å². The van der Waals surface area contributed by atoms with E-state index in [4.69, 9.17) is 10.3 Å². The normalized spacial score (nSPS) is 10.8. The predicted octanol–water partition coefficient (Wildman–Crippen LogP) is 4.72. The van der Waals surface area contributed by atoms with Crippen molar-refractivity contribution in [1.29, 1.82) is 0 Å². The highest BCUT2D eigenvalue weighted by Crippen LogP contribution is 2.39.